The van der Waals surface area contributed by atoms with Gasteiger partial charge in [-0.05, 0) is 46.3 Å². The first-order chi connectivity index (χ1) is 15.0. The molecule has 0 aliphatic rings. The van der Waals surface area contributed by atoms with Gasteiger partial charge in [-0.15, -0.1) is 0 Å². The molecule has 3 rings (SSSR count). The number of ether oxygens (including phenoxy) is 1. The summed E-state index contributed by atoms with van der Waals surface area (Å²) < 4.78 is 6.58. The third-order valence-electron chi connectivity index (χ3n) is 4.12. The number of carbonyl (C=O) groups excluding carboxylic acids is 2. The number of hydrogen-bond acceptors (Lipinski definition) is 4. The fourth-order valence-electron chi connectivity index (χ4n) is 2.61. The van der Waals surface area contributed by atoms with E-state index in [0.717, 1.165) is 10.0 Å². The lowest BCUT2D eigenvalue weighted by atomic mass is 10.2. The summed E-state index contributed by atoms with van der Waals surface area (Å²) in [5.74, 6) is -0.384. The van der Waals surface area contributed by atoms with Crippen LogP contribution < -0.4 is 15.5 Å². The molecular formula is C23H19BrClN3O3. The second-order valence-electron chi connectivity index (χ2n) is 6.42. The standard InChI is InChI=1S/C23H19BrClN3O3/c24-18-9-3-5-11-20(18)27-22(29)13-23(30)28-26-14-16-7-2-6-12-21(16)31-15-17-8-1-4-10-19(17)25/h1-12,14H,13,15H2,(H,27,29)(H,28,30). The lowest BCUT2D eigenvalue weighted by molar-refractivity contribution is -0.126. The van der Waals surface area contributed by atoms with Gasteiger partial charge < -0.3 is 10.1 Å². The van der Waals surface area contributed by atoms with Crippen LogP contribution in [0.3, 0.4) is 0 Å². The van der Waals surface area contributed by atoms with Gasteiger partial charge in [-0.1, -0.05) is 54.1 Å². The highest BCUT2D eigenvalue weighted by Crippen LogP contribution is 2.22. The molecule has 3 aromatic rings. The van der Waals surface area contributed by atoms with E-state index in [1.54, 1.807) is 36.4 Å². The van der Waals surface area contributed by atoms with Crippen molar-refractivity contribution in [3.63, 3.8) is 0 Å². The van der Waals surface area contributed by atoms with Crippen LogP contribution in [0.2, 0.25) is 5.02 Å². The van der Waals surface area contributed by atoms with Crippen molar-refractivity contribution in [2.75, 3.05) is 5.32 Å². The van der Waals surface area contributed by atoms with Crippen LogP contribution in [0.4, 0.5) is 5.69 Å². The summed E-state index contributed by atoms with van der Waals surface area (Å²) in [6, 6.07) is 21.8. The Hall–Kier alpha value is -3.16. The summed E-state index contributed by atoms with van der Waals surface area (Å²) in [6.45, 7) is 0.298. The number of nitrogens with one attached hydrogen (secondary N) is 2. The van der Waals surface area contributed by atoms with Crippen LogP contribution in [0.25, 0.3) is 0 Å². The van der Waals surface area contributed by atoms with Gasteiger partial charge in [0.25, 0.3) is 0 Å². The molecule has 0 unspecified atom stereocenters. The van der Waals surface area contributed by atoms with Crippen LogP contribution >= 0.6 is 27.5 Å². The number of hydrazone groups is 1. The monoisotopic (exact) mass is 499 g/mol. The quantitative estimate of drug-likeness (QED) is 0.255. The molecule has 0 saturated heterocycles. The Labute approximate surface area is 193 Å². The van der Waals surface area contributed by atoms with Crippen LogP contribution in [-0.2, 0) is 16.2 Å². The first kappa shape index (κ1) is 22.5. The van der Waals surface area contributed by atoms with Gasteiger partial charge in [-0.3, -0.25) is 9.59 Å². The number of para-hydroxylation sites is 2. The van der Waals surface area contributed by atoms with Crippen molar-refractivity contribution >= 4 is 51.2 Å². The number of benzene rings is 3. The van der Waals surface area contributed by atoms with E-state index in [1.807, 2.05) is 36.4 Å². The lowest BCUT2D eigenvalue weighted by Crippen LogP contribution is -2.24. The Morgan fingerprint density at radius 1 is 0.968 bits per heavy atom. The number of halogens is 2. The highest BCUT2D eigenvalue weighted by atomic mass is 79.9. The third kappa shape index (κ3) is 6.94. The molecule has 0 aliphatic carbocycles. The average molecular weight is 501 g/mol. The molecule has 3 aromatic carbocycles. The topological polar surface area (TPSA) is 79.8 Å². The Balaban J connectivity index is 1.53. The fraction of sp³-hybridized carbons (Fsp3) is 0.0870. The normalized spacial score (nSPS) is 10.6. The Morgan fingerprint density at radius 3 is 2.48 bits per heavy atom. The summed E-state index contributed by atoms with van der Waals surface area (Å²) in [5, 5.41) is 7.22. The number of nitrogens with zero attached hydrogens (tertiary/aromatic N) is 1. The highest BCUT2D eigenvalue weighted by molar-refractivity contribution is 9.10. The van der Waals surface area contributed by atoms with Crippen molar-refractivity contribution in [2.45, 2.75) is 13.0 Å². The number of carbonyl (C=O) groups is 2. The molecule has 31 heavy (non-hydrogen) atoms. The van der Waals surface area contributed by atoms with Crippen LogP contribution in [0, 0.1) is 0 Å². The number of amides is 2. The van der Waals surface area contributed by atoms with Crippen molar-refractivity contribution in [3.8, 4) is 5.75 Å². The smallest absolute Gasteiger partial charge is 0.249 e. The molecule has 0 aliphatic heterocycles. The van der Waals surface area contributed by atoms with E-state index >= 15 is 0 Å². The van der Waals surface area contributed by atoms with Crippen LogP contribution in [0.1, 0.15) is 17.5 Å². The number of hydrogen-bond donors (Lipinski definition) is 2. The molecule has 0 spiro atoms. The maximum Gasteiger partial charge on any atom is 0.249 e. The van der Waals surface area contributed by atoms with Crippen molar-refractivity contribution in [3.05, 3.63) is 93.4 Å². The summed E-state index contributed by atoms with van der Waals surface area (Å²) in [5.41, 5.74) is 4.48. The first-order valence-corrected chi connectivity index (χ1v) is 10.5. The van der Waals surface area contributed by atoms with E-state index < -0.39 is 11.8 Å². The van der Waals surface area contributed by atoms with Gasteiger partial charge in [0.2, 0.25) is 11.8 Å². The first-order valence-electron chi connectivity index (χ1n) is 9.34. The Kier molecular flexibility index (Phi) is 8.20. The molecule has 0 heterocycles. The zero-order valence-electron chi connectivity index (χ0n) is 16.3. The minimum Gasteiger partial charge on any atom is -0.488 e. The molecule has 0 saturated carbocycles. The SMILES string of the molecule is O=C(CC(=O)Nc1ccccc1Br)NN=Cc1ccccc1OCc1ccccc1Cl. The maximum absolute atomic E-state index is 12.0. The molecule has 0 bridgehead atoms. The van der Waals surface area contributed by atoms with Gasteiger partial charge in [0.1, 0.15) is 18.8 Å². The van der Waals surface area contributed by atoms with Crippen LogP contribution in [0.5, 0.6) is 5.75 Å². The molecule has 158 valence electrons. The summed E-state index contributed by atoms with van der Waals surface area (Å²) >= 11 is 9.50. The van der Waals surface area contributed by atoms with Crippen molar-refractivity contribution in [1.82, 2.24) is 5.43 Å². The summed E-state index contributed by atoms with van der Waals surface area (Å²) in [4.78, 5) is 24.0. The van der Waals surface area contributed by atoms with E-state index in [4.69, 9.17) is 16.3 Å². The van der Waals surface area contributed by atoms with Gasteiger partial charge >= 0.3 is 0 Å². The predicted molar refractivity (Wildman–Crippen MR) is 125 cm³/mol. The molecule has 0 aromatic heterocycles. The summed E-state index contributed by atoms with van der Waals surface area (Å²) in [6.07, 6.45) is 1.11. The molecule has 8 heteroatoms. The van der Waals surface area contributed by atoms with Gasteiger partial charge in [-0.2, -0.15) is 5.10 Å². The van der Waals surface area contributed by atoms with Gasteiger partial charge in [0.15, 0.2) is 0 Å². The largest absolute Gasteiger partial charge is 0.488 e. The minimum absolute atomic E-state index is 0.298. The average Bonchev–Trinajstić information content (AvgIpc) is 2.75. The van der Waals surface area contributed by atoms with Gasteiger partial charge in [0.05, 0.1) is 11.9 Å². The molecular weight excluding hydrogens is 482 g/mol. The molecule has 2 amide bonds. The molecule has 6 nitrogen and oxygen atoms in total. The predicted octanol–water partition coefficient (Wildman–Crippen LogP) is 5.16. The van der Waals surface area contributed by atoms with E-state index in [0.29, 0.717) is 28.6 Å². The minimum atomic E-state index is -0.532. The Morgan fingerprint density at radius 2 is 1.68 bits per heavy atom. The number of anilines is 1. The zero-order chi connectivity index (χ0) is 22.1. The van der Waals surface area contributed by atoms with E-state index in [-0.39, 0.29) is 6.42 Å². The fourth-order valence-corrected chi connectivity index (χ4v) is 3.18. The van der Waals surface area contributed by atoms with Crippen LogP contribution in [-0.4, -0.2) is 18.0 Å². The molecule has 0 fully saturated rings. The van der Waals surface area contributed by atoms with Gasteiger partial charge in [0, 0.05) is 20.6 Å². The van der Waals surface area contributed by atoms with Crippen molar-refractivity contribution in [1.29, 1.82) is 0 Å². The molecule has 0 atom stereocenters. The second-order valence-corrected chi connectivity index (χ2v) is 7.68. The summed E-state index contributed by atoms with van der Waals surface area (Å²) in [7, 11) is 0. The highest BCUT2D eigenvalue weighted by Gasteiger charge is 2.10. The zero-order valence-corrected chi connectivity index (χ0v) is 18.7. The van der Waals surface area contributed by atoms with Crippen molar-refractivity contribution < 1.29 is 14.3 Å². The van der Waals surface area contributed by atoms with E-state index in [1.165, 1.54) is 6.21 Å². The maximum atomic E-state index is 12.0. The molecule has 0 radical (unpaired) electrons. The van der Waals surface area contributed by atoms with Gasteiger partial charge in [-0.25, -0.2) is 5.43 Å². The number of rotatable bonds is 8. The van der Waals surface area contributed by atoms with E-state index in [9.17, 15) is 9.59 Å². The Bertz CT molecular complexity index is 1100. The van der Waals surface area contributed by atoms with Crippen LogP contribution in [0.15, 0.2) is 82.4 Å². The van der Waals surface area contributed by atoms with Crippen molar-refractivity contribution in [2.24, 2.45) is 5.10 Å². The second kappa shape index (κ2) is 11.3. The molecule has 2 N–H and O–H groups in total. The third-order valence-corrected chi connectivity index (χ3v) is 5.18. The van der Waals surface area contributed by atoms with E-state index in [2.05, 4.69) is 31.8 Å². The lowest BCUT2D eigenvalue weighted by Gasteiger charge is -2.10.